The maximum Gasteiger partial charge on any atom is 0.305 e. The number of benzene rings is 1. The van der Waals surface area contributed by atoms with Crippen LogP contribution in [-0.4, -0.2) is 23.7 Å². The van der Waals surface area contributed by atoms with E-state index in [4.69, 9.17) is 5.11 Å². The molecule has 0 amide bonds. The minimum Gasteiger partial charge on any atom is -0.481 e. The van der Waals surface area contributed by atoms with Gasteiger partial charge in [0, 0.05) is 12.6 Å². The summed E-state index contributed by atoms with van der Waals surface area (Å²) < 4.78 is 27.1. The molecule has 1 aromatic carbocycles. The van der Waals surface area contributed by atoms with E-state index in [2.05, 4.69) is 0 Å². The first-order valence-electron chi connectivity index (χ1n) is 5.36. The topological polar surface area (TPSA) is 40.5 Å². The van der Waals surface area contributed by atoms with Crippen LogP contribution in [0.4, 0.5) is 14.5 Å². The van der Waals surface area contributed by atoms with Crippen molar-refractivity contribution in [1.29, 1.82) is 0 Å². The predicted molar refractivity (Wildman–Crippen MR) is 61.1 cm³/mol. The van der Waals surface area contributed by atoms with E-state index in [9.17, 15) is 13.6 Å². The SMILES string of the molecule is CC(C)N(CCC(=O)O)c1c(F)cccc1F. The summed E-state index contributed by atoms with van der Waals surface area (Å²) in [5.74, 6) is -2.35. The maximum absolute atomic E-state index is 13.6. The lowest BCUT2D eigenvalue weighted by molar-refractivity contribution is -0.136. The molecule has 0 aliphatic carbocycles. The number of para-hydroxylation sites is 1. The second-order valence-corrected chi connectivity index (χ2v) is 4.00. The molecule has 1 rings (SSSR count). The number of hydrogen-bond acceptors (Lipinski definition) is 2. The number of anilines is 1. The zero-order chi connectivity index (χ0) is 13.0. The lowest BCUT2D eigenvalue weighted by Gasteiger charge is -2.29. The summed E-state index contributed by atoms with van der Waals surface area (Å²) in [7, 11) is 0. The number of rotatable bonds is 5. The fourth-order valence-corrected chi connectivity index (χ4v) is 1.61. The molecular weight excluding hydrogens is 228 g/mol. The lowest BCUT2D eigenvalue weighted by atomic mass is 10.2. The number of halogens is 2. The van der Waals surface area contributed by atoms with Crippen LogP contribution in [0.1, 0.15) is 20.3 Å². The average Bonchev–Trinajstić information content (AvgIpc) is 2.21. The van der Waals surface area contributed by atoms with Crippen LogP contribution in [0.3, 0.4) is 0 Å². The largest absolute Gasteiger partial charge is 0.481 e. The van der Waals surface area contributed by atoms with Crippen molar-refractivity contribution < 1.29 is 18.7 Å². The molecule has 0 spiro atoms. The molecule has 0 fully saturated rings. The number of carboxylic acids is 1. The van der Waals surface area contributed by atoms with Gasteiger partial charge in [0.05, 0.1) is 6.42 Å². The van der Waals surface area contributed by atoms with Gasteiger partial charge < -0.3 is 10.0 Å². The summed E-state index contributed by atoms with van der Waals surface area (Å²) in [4.78, 5) is 11.9. The third kappa shape index (κ3) is 3.41. The minimum atomic E-state index is -0.993. The highest BCUT2D eigenvalue weighted by atomic mass is 19.1. The molecule has 17 heavy (non-hydrogen) atoms. The molecule has 0 radical (unpaired) electrons. The van der Waals surface area contributed by atoms with Crippen LogP contribution in [0.25, 0.3) is 0 Å². The quantitative estimate of drug-likeness (QED) is 0.864. The van der Waals surface area contributed by atoms with E-state index in [0.29, 0.717) is 0 Å². The Morgan fingerprint density at radius 1 is 1.35 bits per heavy atom. The number of carbonyl (C=O) groups is 1. The van der Waals surface area contributed by atoms with Gasteiger partial charge in [0.2, 0.25) is 0 Å². The molecule has 0 atom stereocenters. The Labute approximate surface area is 98.7 Å². The summed E-state index contributed by atoms with van der Waals surface area (Å²) >= 11 is 0. The van der Waals surface area contributed by atoms with E-state index in [0.717, 1.165) is 12.1 Å². The van der Waals surface area contributed by atoms with Crippen LogP contribution >= 0.6 is 0 Å². The highest BCUT2D eigenvalue weighted by Crippen LogP contribution is 2.25. The average molecular weight is 243 g/mol. The van der Waals surface area contributed by atoms with Crippen LogP contribution in [0.2, 0.25) is 0 Å². The first-order valence-corrected chi connectivity index (χ1v) is 5.36. The van der Waals surface area contributed by atoms with Gasteiger partial charge in [-0.25, -0.2) is 8.78 Å². The highest BCUT2D eigenvalue weighted by Gasteiger charge is 2.19. The van der Waals surface area contributed by atoms with Crippen LogP contribution in [0.5, 0.6) is 0 Å². The fourth-order valence-electron chi connectivity index (χ4n) is 1.61. The summed E-state index contributed by atoms with van der Waals surface area (Å²) in [6.07, 6.45) is -0.161. The van der Waals surface area contributed by atoms with E-state index in [-0.39, 0.29) is 24.7 Å². The Balaban J connectivity index is 3.01. The van der Waals surface area contributed by atoms with Gasteiger partial charge in [-0.2, -0.15) is 0 Å². The van der Waals surface area contributed by atoms with E-state index in [1.54, 1.807) is 13.8 Å². The third-order valence-corrected chi connectivity index (χ3v) is 2.41. The molecule has 0 unspecified atom stereocenters. The second kappa shape index (κ2) is 5.61. The van der Waals surface area contributed by atoms with Crippen molar-refractivity contribution in [3.63, 3.8) is 0 Å². The molecule has 0 aliphatic rings. The molecule has 0 aromatic heterocycles. The van der Waals surface area contributed by atoms with Crippen molar-refractivity contribution in [2.24, 2.45) is 0 Å². The molecule has 5 heteroatoms. The molecule has 0 bridgehead atoms. The molecule has 0 aliphatic heterocycles. The van der Waals surface area contributed by atoms with Gasteiger partial charge in [0.1, 0.15) is 17.3 Å². The van der Waals surface area contributed by atoms with Crippen molar-refractivity contribution in [3.05, 3.63) is 29.8 Å². The first-order chi connectivity index (χ1) is 7.93. The first kappa shape index (κ1) is 13.4. The van der Waals surface area contributed by atoms with Gasteiger partial charge in [-0.05, 0) is 26.0 Å². The van der Waals surface area contributed by atoms with Crippen molar-refractivity contribution in [1.82, 2.24) is 0 Å². The predicted octanol–water partition coefficient (Wildman–Crippen LogP) is 2.65. The van der Waals surface area contributed by atoms with Crippen LogP contribution < -0.4 is 4.90 Å². The Morgan fingerprint density at radius 3 is 2.29 bits per heavy atom. The van der Waals surface area contributed by atoms with E-state index in [1.165, 1.54) is 11.0 Å². The molecule has 0 heterocycles. The number of aliphatic carboxylic acids is 1. The smallest absolute Gasteiger partial charge is 0.305 e. The summed E-state index contributed by atoms with van der Waals surface area (Å²) in [6.45, 7) is 3.59. The third-order valence-electron chi connectivity index (χ3n) is 2.41. The Morgan fingerprint density at radius 2 is 1.88 bits per heavy atom. The minimum absolute atomic E-state index is 0.0743. The summed E-state index contributed by atoms with van der Waals surface area (Å²) in [5, 5.41) is 8.62. The summed E-state index contributed by atoms with van der Waals surface area (Å²) in [5.41, 5.74) is -0.163. The van der Waals surface area contributed by atoms with E-state index >= 15 is 0 Å². The van der Waals surface area contributed by atoms with Crippen LogP contribution in [0, 0.1) is 11.6 Å². The van der Waals surface area contributed by atoms with Crippen LogP contribution in [-0.2, 0) is 4.79 Å². The zero-order valence-corrected chi connectivity index (χ0v) is 9.78. The molecule has 1 N–H and O–H groups in total. The van der Waals surface area contributed by atoms with Gasteiger partial charge in [-0.15, -0.1) is 0 Å². The number of carboxylic acid groups (broad SMARTS) is 1. The Bertz CT molecular complexity index is 387. The van der Waals surface area contributed by atoms with Crippen LogP contribution in [0.15, 0.2) is 18.2 Å². The van der Waals surface area contributed by atoms with E-state index < -0.39 is 17.6 Å². The maximum atomic E-state index is 13.6. The van der Waals surface area contributed by atoms with Gasteiger partial charge >= 0.3 is 5.97 Å². The normalized spacial score (nSPS) is 10.6. The highest BCUT2D eigenvalue weighted by molar-refractivity contribution is 5.67. The molecule has 94 valence electrons. The van der Waals surface area contributed by atoms with Gasteiger partial charge in [0.25, 0.3) is 0 Å². The van der Waals surface area contributed by atoms with Crippen molar-refractivity contribution in [3.8, 4) is 0 Å². The number of nitrogens with zero attached hydrogens (tertiary/aromatic N) is 1. The van der Waals surface area contributed by atoms with Gasteiger partial charge in [-0.1, -0.05) is 6.07 Å². The molecule has 0 saturated carbocycles. The second-order valence-electron chi connectivity index (χ2n) is 4.00. The standard InChI is InChI=1S/C12H15F2NO2/c1-8(2)15(7-6-11(16)17)12-9(13)4-3-5-10(12)14/h3-5,8H,6-7H2,1-2H3,(H,16,17). The van der Waals surface area contributed by atoms with Crippen molar-refractivity contribution in [2.45, 2.75) is 26.3 Å². The number of hydrogen-bond donors (Lipinski definition) is 1. The fraction of sp³-hybridized carbons (Fsp3) is 0.417. The molecule has 3 nitrogen and oxygen atoms in total. The lowest BCUT2D eigenvalue weighted by Crippen LogP contribution is -2.34. The zero-order valence-electron chi connectivity index (χ0n) is 9.78. The van der Waals surface area contributed by atoms with Crippen molar-refractivity contribution >= 4 is 11.7 Å². The van der Waals surface area contributed by atoms with Gasteiger partial charge in [-0.3, -0.25) is 4.79 Å². The van der Waals surface area contributed by atoms with E-state index in [1.807, 2.05) is 0 Å². The monoisotopic (exact) mass is 243 g/mol. The Hall–Kier alpha value is -1.65. The molecule has 0 saturated heterocycles. The van der Waals surface area contributed by atoms with Crippen molar-refractivity contribution in [2.75, 3.05) is 11.4 Å². The Kier molecular flexibility index (Phi) is 4.43. The molecular formula is C12H15F2NO2. The van der Waals surface area contributed by atoms with Gasteiger partial charge in [0.15, 0.2) is 0 Å². The summed E-state index contributed by atoms with van der Waals surface area (Å²) in [6, 6.07) is 3.42. The molecule has 1 aromatic rings.